The topological polar surface area (TPSA) is 79.8 Å². The minimum atomic E-state index is -0.269. The van der Waals surface area contributed by atoms with Gasteiger partial charge in [-0.2, -0.15) is 0 Å². The molecule has 0 spiro atoms. The number of rotatable bonds is 5. The van der Waals surface area contributed by atoms with Crippen molar-refractivity contribution in [2.45, 2.75) is 13.5 Å². The lowest BCUT2D eigenvalue weighted by Crippen LogP contribution is -2.24. The molecule has 2 heterocycles. The standard InChI is InChI=1S/C18H16BrN5O/c1-12-2-3-14(8-15(12)19)24-17-11-21-16(10-22-17)18(25)23-9-13-4-6-20-7-5-13/h2-8,10-11H,9H2,1H3,(H,22,24)(H,23,25). The van der Waals surface area contributed by atoms with E-state index in [9.17, 15) is 4.79 Å². The van der Waals surface area contributed by atoms with Gasteiger partial charge >= 0.3 is 0 Å². The van der Waals surface area contributed by atoms with Crippen LogP contribution in [0.15, 0.2) is 59.6 Å². The van der Waals surface area contributed by atoms with Crippen molar-refractivity contribution in [1.82, 2.24) is 20.3 Å². The summed E-state index contributed by atoms with van der Waals surface area (Å²) in [6, 6.07) is 9.61. The molecule has 3 rings (SSSR count). The molecular weight excluding hydrogens is 382 g/mol. The zero-order valence-corrected chi connectivity index (χ0v) is 15.1. The minimum Gasteiger partial charge on any atom is -0.347 e. The monoisotopic (exact) mass is 397 g/mol. The van der Waals surface area contributed by atoms with Crippen molar-refractivity contribution >= 4 is 33.3 Å². The van der Waals surface area contributed by atoms with Gasteiger partial charge in [0, 0.05) is 29.1 Å². The van der Waals surface area contributed by atoms with Gasteiger partial charge in [-0.25, -0.2) is 9.97 Å². The van der Waals surface area contributed by atoms with Crippen LogP contribution in [-0.2, 0) is 6.54 Å². The third-order valence-electron chi connectivity index (χ3n) is 3.53. The van der Waals surface area contributed by atoms with Crippen LogP contribution in [0.5, 0.6) is 0 Å². The summed E-state index contributed by atoms with van der Waals surface area (Å²) in [5.41, 5.74) is 3.28. The molecule has 126 valence electrons. The molecule has 25 heavy (non-hydrogen) atoms. The van der Waals surface area contributed by atoms with Gasteiger partial charge in [0.1, 0.15) is 11.5 Å². The van der Waals surface area contributed by atoms with Crippen molar-refractivity contribution in [3.63, 3.8) is 0 Å². The average Bonchev–Trinajstić information content (AvgIpc) is 2.64. The first-order chi connectivity index (χ1) is 12.1. The Balaban J connectivity index is 1.61. The van der Waals surface area contributed by atoms with Crippen molar-refractivity contribution in [2.24, 2.45) is 0 Å². The number of hydrogen-bond acceptors (Lipinski definition) is 5. The molecular formula is C18H16BrN5O. The quantitative estimate of drug-likeness (QED) is 0.687. The molecule has 0 aliphatic heterocycles. The molecule has 7 heteroatoms. The number of nitrogens with zero attached hydrogens (tertiary/aromatic N) is 3. The summed E-state index contributed by atoms with van der Waals surface area (Å²) in [6.45, 7) is 2.44. The summed E-state index contributed by atoms with van der Waals surface area (Å²) < 4.78 is 1.01. The number of anilines is 2. The van der Waals surface area contributed by atoms with E-state index in [1.807, 2.05) is 37.3 Å². The second-order valence-corrected chi connectivity index (χ2v) is 6.27. The summed E-state index contributed by atoms with van der Waals surface area (Å²) in [5, 5.41) is 5.96. The zero-order valence-electron chi connectivity index (χ0n) is 13.5. The van der Waals surface area contributed by atoms with Crippen LogP contribution in [0.4, 0.5) is 11.5 Å². The summed E-state index contributed by atoms with van der Waals surface area (Å²) in [7, 11) is 0. The van der Waals surface area contributed by atoms with Crippen molar-refractivity contribution in [1.29, 1.82) is 0 Å². The molecule has 0 bridgehead atoms. The van der Waals surface area contributed by atoms with E-state index in [4.69, 9.17) is 0 Å². The smallest absolute Gasteiger partial charge is 0.271 e. The summed E-state index contributed by atoms with van der Waals surface area (Å²) >= 11 is 3.49. The molecule has 0 aliphatic carbocycles. The van der Waals surface area contributed by atoms with Gasteiger partial charge < -0.3 is 10.6 Å². The van der Waals surface area contributed by atoms with Gasteiger partial charge in [-0.1, -0.05) is 22.0 Å². The number of aryl methyl sites for hydroxylation is 1. The lowest BCUT2D eigenvalue weighted by atomic mass is 10.2. The van der Waals surface area contributed by atoms with Crippen molar-refractivity contribution < 1.29 is 4.79 Å². The van der Waals surface area contributed by atoms with E-state index in [0.29, 0.717) is 12.4 Å². The molecule has 0 unspecified atom stereocenters. The minimum absolute atomic E-state index is 0.268. The average molecular weight is 398 g/mol. The third kappa shape index (κ3) is 4.60. The van der Waals surface area contributed by atoms with Crippen molar-refractivity contribution in [2.75, 3.05) is 5.32 Å². The fourth-order valence-electron chi connectivity index (χ4n) is 2.10. The van der Waals surface area contributed by atoms with E-state index in [2.05, 4.69) is 41.5 Å². The summed E-state index contributed by atoms with van der Waals surface area (Å²) in [4.78, 5) is 24.5. The van der Waals surface area contributed by atoms with Crippen LogP contribution < -0.4 is 10.6 Å². The van der Waals surface area contributed by atoms with Gasteiger partial charge in [0.15, 0.2) is 0 Å². The van der Waals surface area contributed by atoms with E-state index >= 15 is 0 Å². The van der Waals surface area contributed by atoms with Gasteiger partial charge in [0.25, 0.3) is 5.91 Å². The molecule has 0 saturated carbocycles. The highest BCUT2D eigenvalue weighted by molar-refractivity contribution is 9.10. The normalized spacial score (nSPS) is 10.3. The Bertz CT molecular complexity index is 868. The maximum atomic E-state index is 12.1. The van der Waals surface area contributed by atoms with E-state index in [1.54, 1.807) is 12.4 Å². The molecule has 3 aromatic rings. The second-order valence-electron chi connectivity index (χ2n) is 5.41. The number of carbonyl (C=O) groups excluding carboxylic acids is 1. The van der Waals surface area contributed by atoms with Crippen LogP contribution in [0.2, 0.25) is 0 Å². The predicted molar refractivity (Wildman–Crippen MR) is 99.6 cm³/mol. The maximum Gasteiger partial charge on any atom is 0.271 e. The molecule has 2 N–H and O–H groups in total. The second kappa shape index (κ2) is 7.85. The fraction of sp³-hybridized carbons (Fsp3) is 0.111. The molecule has 0 atom stereocenters. The van der Waals surface area contributed by atoms with E-state index in [1.165, 1.54) is 12.4 Å². The number of pyridine rings is 1. The number of aromatic nitrogens is 3. The zero-order chi connectivity index (χ0) is 17.6. The van der Waals surface area contributed by atoms with Gasteiger partial charge in [-0.15, -0.1) is 0 Å². The summed E-state index contributed by atoms with van der Waals surface area (Å²) in [6.07, 6.45) is 6.36. The van der Waals surface area contributed by atoms with Gasteiger partial charge in [0.2, 0.25) is 0 Å². The highest BCUT2D eigenvalue weighted by atomic mass is 79.9. The Morgan fingerprint density at radius 3 is 2.60 bits per heavy atom. The first-order valence-electron chi connectivity index (χ1n) is 7.64. The van der Waals surface area contributed by atoms with E-state index < -0.39 is 0 Å². The SMILES string of the molecule is Cc1ccc(Nc2cnc(C(=O)NCc3ccncc3)cn2)cc1Br. The molecule has 1 aromatic carbocycles. The maximum absolute atomic E-state index is 12.1. The Kier molecular flexibility index (Phi) is 5.35. The largest absolute Gasteiger partial charge is 0.347 e. The Morgan fingerprint density at radius 1 is 1.12 bits per heavy atom. The van der Waals surface area contributed by atoms with Gasteiger partial charge in [-0.3, -0.25) is 9.78 Å². The van der Waals surface area contributed by atoms with Crippen molar-refractivity contribution in [3.8, 4) is 0 Å². The van der Waals surface area contributed by atoms with Crippen molar-refractivity contribution in [3.05, 3.63) is 76.4 Å². The Morgan fingerprint density at radius 2 is 1.92 bits per heavy atom. The first-order valence-corrected chi connectivity index (χ1v) is 8.43. The van der Waals surface area contributed by atoms with E-state index in [0.717, 1.165) is 21.3 Å². The van der Waals surface area contributed by atoms with Gasteiger partial charge in [-0.05, 0) is 42.3 Å². The number of hydrogen-bond donors (Lipinski definition) is 2. The molecule has 2 aromatic heterocycles. The third-order valence-corrected chi connectivity index (χ3v) is 4.39. The van der Waals surface area contributed by atoms with Crippen LogP contribution >= 0.6 is 15.9 Å². The lowest BCUT2D eigenvalue weighted by Gasteiger charge is -2.08. The van der Waals surface area contributed by atoms with E-state index in [-0.39, 0.29) is 11.6 Å². The van der Waals surface area contributed by atoms with Crippen LogP contribution in [0.25, 0.3) is 0 Å². The Labute approximate surface area is 153 Å². The molecule has 0 radical (unpaired) electrons. The molecule has 0 aliphatic rings. The highest BCUT2D eigenvalue weighted by Gasteiger charge is 2.08. The van der Waals surface area contributed by atoms with Crippen LogP contribution in [0, 0.1) is 6.92 Å². The molecule has 1 amide bonds. The van der Waals surface area contributed by atoms with Crippen LogP contribution in [0.1, 0.15) is 21.6 Å². The summed E-state index contributed by atoms with van der Waals surface area (Å²) in [5.74, 6) is 0.301. The number of nitrogens with one attached hydrogen (secondary N) is 2. The van der Waals surface area contributed by atoms with Gasteiger partial charge in [0.05, 0.1) is 12.4 Å². The first kappa shape index (κ1) is 17.0. The molecule has 6 nitrogen and oxygen atoms in total. The lowest BCUT2D eigenvalue weighted by molar-refractivity contribution is 0.0945. The number of benzene rings is 1. The highest BCUT2D eigenvalue weighted by Crippen LogP contribution is 2.22. The predicted octanol–water partition coefficient (Wildman–Crippen LogP) is 3.62. The number of carbonyl (C=O) groups is 1. The molecule has 0 fully saturated rings. The Hall–Kier alpha value is -2.80. The number of amides is 1. The van der Waals surface area contributed by atoms with Crippen LogP contribution in [0.3, 0.4) is 0 Å². The molecule has 0 saturated heterocycles. The van der Waals surface area contributed by atoms with Crippen LogP contribution in [-0.4, -0.2) is 20.9 Å². The fourth-order valence-corrected chi connectivity index (χ4v) is 2.48. The number of halogens is 1.